The van der Waals surface area contributed by atoms with Crippen LogP contribution in [0.5, 0.6) is 0 Å². The summed E-state index contributed by atoms with van der Waals surface area (Å²) in [6.45, 7) is 6.39. The zero-order valence-corrected chi connectivity index (χ0v) is 9.73. The lowest BCUT2D eigenvalue weighted by Crippen LogP contribution is -2.42. The summed E-state index contributed by atoms with van der Waals surface area (Å²) in [5.74, 6) is 0. The maximum absolute atomic E-state index is 8.89. The number of morpholine rings is 1. The van der Waals surface area contributed by atoms with Crippen molar-refractivity contribution in [2.45, 2.75) is 20.0 Å². The minimum atomic E-state index is -0.298. The van der Waals surface area contributed by atoms with Crippen LogP contribution in [0.1, 0.15) is 11.1 Å². The number of anilines is 1. The van der Waals surface area contributed by atoms with E-state index in [1.54, 1.807) is 0 Å². The number of nitrogens with zero attached hydrogens (tertiary/aromatic N) is 2. The number of benzene rings is 1. The molecule has 1 saturated heterocycles. The average molecular weight is 216 g/mol. The molecule has 1 unspecified atom stereocenters. The molecule has 2 rings (SSSR count). The summed E-state index contributed by atoms with van der Waals surface area (Å²) in [5.41, 5.74) is 3.78. The van der Waals surface area contributed by atoms with Crippen molar-refractivity contribution in [1.82, 2.24) is 0 Å². The molecule has 1 atom stereocenters. The summed E-state index contributed by atoms with van der Waals surface area (Å²) < 4.78 is 5.36. The number of rotatable bonds is 1. The van der Waals surface area contributed by atoms with Gasteiger partial charge >= 0.3 is 0 Å². The van der Waals surface area contributed by atoms with Crippen LogP contribution in [0.2, 0.25) is 0 Å². The van der Waals surface area contributed by atoms with Gasteiger partial charge in [0.05, 0.1) is 19.2 Å². The van der Waals surface area contributed by atoms with Crippen molar-refractivity contribution in [2.75, 3.05) is 24.6 Å². The summed E-state index contributed by atoms with van der Waals surface area (Å²) in [7, 11) is 0. The molecule has 1 fully saturated rings. The first kappa shape index (κ1) is 11.0. The van der Waals surface area contributed by atoms with Gasteiger partial charge in [-0.1, -0.05) is 18.2 Å². The SMILES string of the molecule is Cc1cccc(C)c1N1CCOC(C#N)C1. The molecule has 1 aromatic carbocycles. The largest absolute Gasteiger partial charge is 0.365 e. The molecule has 0 amide bonds. The van der Waals surface area contributed by atoms with E-state index in [1.165, 1.54) is 16.8 Å². The Balaban J connectivity index is 2.27. The minimum Gasteiger partial charge on any atom is -0.365 e. The van der Waals surface area contributed by atoms with Crippen LogP contribution in [-0.4, -0.2) is 25.8 Å². The van der Waals surface area contributed by atoms with Crippen molar-refractivity contribution in [2.24, 2.45) is 0 Å². The Labute approximate surface area is 96.2 Å². The monoisotopic (exact) mass is 216 g/mol. The van der Waals surface area contributed by atoms with Gasteiger partial charge in [-0.2, -0.15) is 5.26 Å². The lowest BCUT2D eigenvalue weighted by Gasteiger charge is -2.33. The highest BCUT2D eigenvalue weighted by atomic mass is 16.5. The normalized spacial score (nSPS) is 20.6. The first-order chi connectivity index (χ1) is 7.72. The highest BCUT2D eigenvalue weighted by Gasteiger charge is 2.22. The summed E-state index contributed by atoms with van der Waals surface area (Å²) in [5, 5.41) is 8.89. The van der Waals surface area contributed by atoms with Gasteiger partial charge in [-0.25, -0.2) is 0 Å². The Hall–Kier alpha value is -1.53. The molecule has 0 saturated carbocycles. The zero-order chi connectivity index (χ0) is 11.5. The third-order valence-electron chi connectivity index (χ3n) is 2.97. The van der Waals surface area contributed by atoms with E-state index in [1.807, 2.05) is 0 Å². The highest BCUT2D eigenvalue weighted by molar-refractivity contribution is 5.59. The van der Waals surface area contributed by atoms with Crippen LogP contribution in [0.15, 0.2) is 18.2 Å². The molecule has 0 bridgehead atoms. The minimum absolute atomic E-state index is 0.298. The standard InChI is InChI=1S/C13H16N2O/c1-10-4-3-5-11(2)13(10)15-6-7-16-12(8-14)9-15/h3-5,12H,6-7,9H2,1-2H3. The van der Waals surface area contributed by atoms with E-state index in [9.17, 15) is 0 Å². The van der Waals surface area contributed by atoms with Gasteiger partial charge < -0.3 is 9.64 Å². The van der Waals surface area contributed by atoms with Crippen molar-refractivity contribution >= 4 is 5.69 Å². The lowest BCUT2D eigenvalue weighted by atomic mass is 10.1. The van der Waals surface area contributed by atoms with E-state index in [0.29, 0.717) is 13.2 Å². The number of ether oxygens (including phenoxy) is 1. The van der Waals surface area contributed by atoms with Gasteiger partial charge in [-0.05, 0) is 25.0 Å². The number of para-hydroxylation sites is 1. The fraction of sp³-hybridized carbons (Fsp3) is 0.462. The number of nitriles is 1. The fourth-order valence-corrected chi connectivity index (χ4v) is 2.23. The molecule has 84 valence electrons. The van der Waals surface area contributed by atoms with E-state index < -0.39 is 0 Å². The van der Waals surface area contributed by atoms with Crippen LogP contribution < -0.4 is 4.90 Å². The molecule has 1 aromatic rings. The molecule has 3 nitrogen and oxygen atoms in total. The molecule has 1 heterocycles. The van der Waals surface area contributed by atoms with Crippen molar-refractivity contribution in [3.05, 3.63) is 29.3 Å². The summed E-state index contributed by atoms with van der Waals surface area (Å²) >= 11 is 0. The molecular weight excluding hydrogens is 200 g/mol. The van der Waals surface area contributed by atoms with E-state index in [-0.39, 0.29) is 6.10 Å². The zero-order valence-electron chi connectivity index (χ0n) is 9.73. The molecule has 0 aliphatic carbocycles. The smallest absolute Gasteiger partial charge is 0.161 e. The second-order valence-corrected chi connectivity index (χ2v) is 4.17. The molecule has 0 N–H and O–H groups in total. The van der Waals surface area contributed by atoms with Gasteiger partial charge in [0.1, 0.15) is 0 Å². The van der Waals surface area contributed by atoms with Crippen LogP contribution in [-0.2, 0) is 4.74 Å². The summed E-state index contributed by atoms with van der Waals surface area (Å²) in [6, 6.07) is 8.47. The van der Waals surface area contributed by atoms with E-state index in [2.05, 4.69) is 43.0 Å². The average Bonchev–Trinajstić information content (AvgIpc) is 2.29. The first-order valence-corrected chi connectivity index (χ1v) is 5.54. The van der Waals surface area contributed by atoms with Crippen molar-refractivity contribution in [3.63, 3.8) is 0 Å². The molecule has 1 aliphatic rings. The molecule has 16 heavy (non-hydrogen) atoms. The molecule has 0 radical (unpaired) electrons. The van der Waals surface area contributed by atoms with Crippen LogP contribution in [0.25, 0.3) is 0 Å². The van der Waals surface area contributed by atoms with Crippen LogP contribution in [0.3, 0.4) is 0 Å². The van der Waals surface area contributed by atoms with E-state index in [4.69, 9.17) is 10.00 Å². The molecule has 1 aliphatic heterocycles. The number of aryl methyl sites for hydroxylation is 2. The molecule has 0 aromatic heterocycles. The van der Waals surface area contributed by atoms with Gasteiger partial charge in [-0.3, -0.25) is 0 Å². The van der Waals surface area contributed by atoms with Crippen LogP contribution in [0.4, 0.5) is 5.69 Å². The third kappa shape index (κ3) is 2.02. The Morgan fingerprint density at radius 3 is 2.69 bits per heavy atom. The second-order valence-electron chi connectivity index (χ2n) is 4.17. The summed E-state index contributed by atoms with van der Waals surface area (Å²) in [4.78, 5) is 2.25. The Morgan fingerprint density at radius 1 is 1.38 bits per heavy atom. The highest BCUT2D eigenvalue weighted by Crippen LogP contribution is 2.26. The first-order valence-electron chi connectivity index (χ1n) is 5.54. The quantitative estimate of drug-likeness (QED) is 0.720. The fourth-order valence-electron chi connectivity index (χ4n) is 2.23. The molecular formula is C13H16N2O. The maximum Gasteiger partial charge on any atom is 0.161 e. The predicted octanol–water partition coefficient (Wildman–Crippen LogP) is 2.03. The summed E-state index contributed by atoms with van der Waals surface area (Å²) in [6.07, 6.45) is -0.298. The Bertz CT molecular complexity index is 402. The Kier molecular flexibility index (Phi) is 3.12. The third-order valence-corrected chi connectivity index (χ3v) is 2.97. The van der Waals surface area contributed by atoms with Gasteiger partial charge in [0.25, 0.3) is 0 Å². The van der Waals surface area contributed by atoms with Gasteiger partial charge in [0.15, 0.2) is 6.10 Å². The van der Waals surface area contributed by atoms with Crippen molar-refractivity contribution < 1.29 is 4.74 Å². The molecule has 3 heteroatoms. The second kappa shape index (κ2) is 4.54. The van der Waals surface area contributed by atoms with Crippen LogP contribution in [0, 0.1) is 25.2 Å². The van der Waals surface area contributed by atoms with Crippen LogP contribution >= 0.6 is 0 Å². The van der Waals surface area contributed by atoms with E-state index in [0.717, 1.165) is 6.54 Å². The number of hydrogen-bond donors (Lipinski definition) is 0. The van der Waals surface area contributed by atoms with Gasteiger partial charge in [0, 0.05) is 12.2 Å². The topological polar surface area (TPSA) is 36.3 Å². The maximum atomic E-state index is 8.89. The van der Waals surface area contributed by atoms with Gasteiger partial charge in [0.2, 0.25) is 0 Å². The van der Waals surface area contributed by atoms with Crippen molar-refractivity contribution in [3.8, 4) is 6.07 Å². The van der Waals surface area contributed by atoms with E-state index >= 15 is 0 Å². The van der Waals surface area contributed by atoms with Gasteiger partial charge in [-0.15, -0.1) is 0 Å². The Morgan fingerprint density at radius 2 is 2.06 bits per heavy atom. The lowest BCUT2D eigenvalue weighted by molar-refractivity contribution is 0.0764. The molecule has 0 spiro atoms. The van der Waals surface area contributed by atoms with Crippen molar-refractivity contribution in [1.29, 1.82) is 5.26 Å². The number of hydrogen-bond acceptors (Lipinski definition) is 3. The predicted molar refractivity (Wildman–Crippen MR) is 63.5 cm³/mol.